The van der Waals surface area contributed by atoms with Crippen LogP contribution in [0.15, 0.2) is 310 Å². The lowest BCUT2D eigenvalue weighted by atomic mass is 10.2. The number of furan rings is 1. The van der Waals surface area contributed by atoms with E-state index >= 15 is 0 Å². The highest BCUT2D eigenvalue weighted by atomic mass is 16.3. The van der Waals surface area contributed by atoms with E-state index in [4.69, 9.17) is 4.42 Å². The molecule has 72 heavy (non-hydrogen) atoms. The molecule has 0 unspecified atom stereocenters. The highest BCUT2D eigenvalue weighted by Gasteiger charge is 1.92. The molecule has 10 heteroatoms. The van der Waals surface area contributed by atoms with Crippen LogP contribution in [0, 0.1) is 0 Å². The second kappa shape index (κ2) is 27.1. The van der Waals surface area contributed by atoms with Gasteiger partial charge in [-0.25, -0.2) is 9.97 Å². The molecule has 350 valence electrons. The SMILES string of the molecule is c1ccc2[nH]ccc2c1.c1ccc2cnccc2c1.c1ccc2ncncc2c1.c1ccc2occc2c1.c1ccn2cccc2c1.c1ccn2cccc2c1.c1ccncc1.c1cnc2cnccc2c1. The molecule has 0 saturated carbocycles. The summed E-state index contributed by atoms with van der Waals surface area (Å²) in [7, 11) is 0. The van der Waals surface area contributed by atoms with Gasteiger partial charge in [0, 0.05) is 107 Å². The van der Waals surface area contributed by atoms with Crippen LogP contribution in [-0.2, 0) is 0 Å². The van der Waals surface area contributed by atoms with E-state index in [2.05, 4.69) is 98.3 Å². The molecule has 0 aliphatic carbocycles. The molecular formula is C62H51N9O. The molecule has 0 aliphatic rings. The van der Waals surface area contributed by atoms with Crippen molar-refractivity contribution in [2.45, 2.75) is 0 Å². The summed E-state index contributed by atoms with van der Waals surface area (Å²) in [5.41, 5.74) is 6.60. The van der Waals surface area contributed by atoms with E-state index < -0.39 is 0 Å². The Bertz CT molecular complexity index is 3110. The molecule has 10 nitrogen and oxygen atoms in total. The number of nitrogens with zero attached hydrogens (tertiary/aromatic N) is 8. The number of para-hydroxylation sites is 3. The van der Waals surface area contributed by atoms with Crippen molar-refractivity contribution in [1.29, 1.82) is 0 Å². The Morgan fingerprint density at radius 1 is 0.333 bits per heavy atom. The maximum atomic E-state index is 5.12. The number of benzene rings is 4. The molecule has 11 heterocycles. The van der Waals surface area contributed by atoms with Crippen molar-refractivity contribution in [1.82, 2.24) is 43.7 Å². The van der Waals surface area contributed by atoms with Gasteiger partial charge in [0.2, 0.25) is 0 Å². The second-order valence-corrected chi connectivity index (χ2v) is 15.5. The third-order valence-corrected chi connectivity index (χ3v) is 10.6. The number of pyridine rings is 6. The van der Waals surface area contributed by atoms with Gasteiger partial charge in [-0.3, -0.25) is 19.9 Å². The van der Waals surface area contributed by atoms with E-state index in [1.165, 1.54) is 32.7 Å². The Kier molecular flexibility index (Phi) is 18.2. The number of rotatable bonds is 0. The first-order chi connectivity index (χ1) is 35.8. The molecule has 1 N–H and O–H groups in total. The average molecular weight is 938 g/mol. The van der Waals surface area contributed by atoms with Gasteiger partial charge in [-0.05, 0) is 125 Å². The zero-order valence-corrected chi connectivity index (χ0v) is 39.4. The average Bonchev–Trinajstić information content (AvgIpc) is 4.34. The second-order valence-electron chi connectivity index (χ2n) is 15.5. The summed E-state index contributed by atoms with van der Waals surface area (Å²) in [5.74, 6) is 0. The molecule has 11 aromatic heterocycles. The quantitative estimate of drug-likeness (QED) is 0.161. The lowest BCUT2D eigenvalue weighted by molar-refractivity contribution is 0.616. The minimum absolute atomic E-state index is 0.949. The minimum Gasteiger partial charge on any atom is -0.464 e. The Labute approximate surface area is 417 Å². The molecule has 0 amide bonds. The van der Waals surface area contributed by atoms with Gasteiger partial charge in [0.15, 0.2) is 0 Å². The third-order valence-electron chi connectivity index (χ3n) is 10.6. The van der Waals surface area contributed by atoms with Gasteiger partial charge >= 0.3 is 0 Å². The van der Waals surface area contributed by atoms with Crippen molar-refractivity contribution < 1.29 is 4.42 Å². The lowest BCUT2D eigenvalue weighted by Crippen LogP contribution is -1.77. The Balaban J connectivity index is 0.000000110. The lowest BCUT2D eigenvalue weighted by Gasteiger charge is -1.91. The summed E-state index contributed by atoms with van der Waals surface area (Å²) >= 11 is 0. The minimum atomic E-state index is 0.949. The number of hydrogen-bond acceptors (Lipinski definition) is 7. The van der Waals surface area contributed by atoms with Crippen LogP contribution in [0.3, 0.4) is 0 Å². The monoisotopic (exact) mass is 937 g/mol. The summed E-state index contributed by atoms with van der Waals surface area (Å²) in [5, 5.41) is 7.11. The Morgan fingerprint density at radius 3 is 1.57 bits per heavy atom. The van der Waals surface area contributed by atoms with Crippen LogP contribution < -0.4 is 0 Å². The number of H-pyrrole nitrogens is 1. The van der Waals surface area contributed by atoms with Gasteiger partial charge in [0.05, 0.1) is 23.5 Å². The smallest absolute Gasteiger partial charge is 0.133 e. The topological polar surface area (TPSA) is 115 Å². The normalized spacial score (nSPS) is 9.94. The molecule has 0 fully saturated rings. The predicted octanol–water partition coefficient (Wildman–Crippen LogP) is 15.1. The molecule has 0 atom stereocenters. The molecule has 15 rings (SSSR count). The molecule has 0 radical (unpaired) electrons. The molecule has 4 aromatic carbocycles. The summed E-state index contributed by atoms with van der Waals surface area (Å²) < 4.78 is 9.28. The largest absolute Gasteiger partial charge is 0.464 e. The van der Waals surface area contributed by atoms with Crippen molar-refractivity contribution >= 4 is 65.5 Å². The van der Waals surface area contributed by atoms with Gasteiger partial charge in [0.1, 0.15) is 11.9 Å². The summed E-state index contributed by atoms with van der Waals surface area (Å²) in [6.07, 6.45) is 27.6. The zero-order valence-electron chi connectivity index (χ0n) is 39.4. The first-order valence-corrected chi connectivity index (χ1v) is 23.2. The molecule has 0 aliphatic heterocycles. The number of aromatic amines is 1. The van der Waals surface area contributed by atoms with Crippen LogP contribution in [0.5, 0.6) is 0 Å². The highest BCUT2D eigenvalue weighted by Crippen LogP contribution is 2.14. The predicted molar refractivity (Wildman–Crippen MR) is 294 cm³/mol. The van der Waals surface area contributed by atoms with E-state index in [1.54, 1.807) is 43.6 Å². The Morgan fingerprint density at radius 2 is 0.917 bits per heavy atom. The van der Waals surface area contributed by atoms with E-state index in [9.17, 15) is 0 Å². The number of hydrogen-bond donors (Lipinski definition) is 1. The van der Waals surface area contributed by atoms with Crippen molar-refractivity contribution in [3.8, 4) is 0 Å². The van der Waals surface area contributed by atoms with Crippen molar-refractivity contribution in [3.63, 3.8) is 0 Å². The van der Waals surface area contributed by atoms with Crippen LogP contribution in [0.4, 0.5) is 0 Å². The van der Waals surface area contributed by atoms with Crippen LogP contribution in [0.2, 0.25) is 0 Å². The fraction of sp³-hybridized carbons (Fsp3) is 0. The maximum Gasteiger partial charge on any atom is 0.133 e. The van der Waals surface area contributed by atoms with Crippen LogP contribution >= 0.6 is 0 Å². The number of aromatic nitrogens is 9. The van der Waals surface area contributed by atoms with Gasteiger partial charge < -0.3 is 18.2 Å². The third kappa shape index (κ3) is 15.0. The first-order valence-electron chi connectivity index (χ1n) is 23.2. The van der Waals surface area contributed by atoms with Crippen LogP contribution in [0.25, 0.3) is 65.5 Å². The molecule has 0 saturated heterocycles. The first kappa shape index (κ1) is 48.4. The zero-order chi connectivity index (χ0) is 49.1. The van der Waals surface area contributed by atoms with Gasteiger partial charge in [0.25, 0.3) is 0 Å². The van der Waals surface area contributed by atoms with Gasteiger partial charge in [-0.15, -0.1) is 0 Å². The van der Waals surface area contributed by atoms with Crippen LogP contribution in [-0.4, -0.2) is 43.7 Å². The molecule has 0 bridgehead atoms. The summed E-state index contributed by atoms with van der Waals surface area (Å²) in [4.78, 5) is 27.0. The standard InChI is InChI=1S/C9H7N.2C8H6N2.3C8H7N.C8H6O.C5H5N/c1-2-4-9-7-10-6-5-8(9)3-1;1-2-7-3-5-9-6-8(7)10-4-1;1-2-4-8-7(3-1)5-9-6-10-8;2*1-2-6-9-7-3-5-8(9)4-1;2*1-2-4-8-7(3-1)5-6-9-8;1-2-4-6-5-3-1/h1-7H;2*1-6H;2*1-7H;1-6,9H;1-6H;1-5H. The van der Waals surface area contributed by atoms with Crippen LogP contribution in [0.1, 0.15) is 0 Å². The Hall–Kier alpha value is -10.1. The molecule has 0 spiro atoms. The van der Waals surface area contributed by atoms with Gasteiger partial charge in [-0.2, -0.15) is 0 Å². The van der Waals surface area contributed by atoms with Gasteiger partial charge in [-0.1, -0.05) is 103 Å². The fourth-order valence-corrected chi connectivity index (χ4v) is 7.04. The van der Waals surface area contributed by atoms with E-state index in [0.29, 0.717) is 0 Å². The van der Waals surface area contributed by atoms with E-state index in [1.807, 2.05) is 207 Å². The molecule has 15 aromatic rings. The number of fused-ring (bicyclic) bond motifs is 7. The summed E-state index contributed by atoms with van der Waals surface area (Å²) in [6.45, 7) is 0. The maximum absolute atomic E-state index is 5.12. The summed E-state index contributed by atoms with van der Waals surface area (Å²) in [6, 6.07) is 70.4. The van der Waals surface area contributed by atoms with Crippen molar-refractivity contribution in [2.24, 2.45) is 0 Å². The van der Waals surface area contributed by atoms with Crippen molar-refractivity contribution in [3.05, 3.63) is 305 Å². The highest BCUT2D eigenvalue weighted by molar-refractivity contribution is 5.81. The van der Waals surface area contributed by atoms with E-state index in [-0.39, 0.29) is 0 Å². The fourth-order valence-electron chi connectivity index (χ4n) is 7.04. The van der Waals surface area contributed by atoms with E-state index in [0.717, 1.165) is 32.8 Å². The van der Waals surface area contributed by atoms with Crippen molar-refractivity contribution in [2.75, 3.05) is 0 Å². The number of nitrogens with one attached hydrogen (secondary N) is 1. The molecular weight excluding hydrogens is 887 g/mol.